The maximum Gasteiger partial charge on any atom is 0.320 e. The molecule has 1 aliphatic carbocycles. The number of aliphatic carboxylic acids is 1. The van der Waals surface area contributed by atoms with Crippen LogP contribution in [0.5, 0.6) is 0 Å². The first-order valence-electron chi connectivity index (χ1n) is 7.67. The zero-order chi connectivity index (χ0) is 13.2. The van der Waals surface area contributed by atoms with Crippen LogP contribution >= 0.6 is 0 Å². The Hall–Kier alpha value is -0.650. The molecule has 2 atom stereocenters. The number of carboxylic acids is 1. The Balaban J connectivity index is 1.43. The number of nitrogens with one attached hydrogen (secondary N) is 1. The van der Waals surface area contributed by atoms with Gasteiger partial charge in [-0.15, -0.1) is 0 Å². The van der Waals surface area contributed by atoms with Crippen LogP contribution in [0.25, 0.3) is 0 Å². The Labute approximate surface area is 114 Å². The molecule has 0 radical (unpaired) electrons. The average Bonchev–Trinajstić information content (AvgIpc) is 3.09. The maximum atomic E-state index is 11.2. The second kappa shape index (κ2) is 5.77. The second-order valence-electron chi connectivity index (χ2n) is 6.25. The van der Waals surface area contributed by atoms with E-state index in [9.17, 15) is 9.90 Å². The fourth-order valence-electron chi connectivity index (χ4n) is 3.38. The smallest absolute Gasteiger partial charge is 0.320 e. The predicted molar refractivity (Wildman–Crippen MR) is 73.2 cm³/mol. The molecule has 1 saturated carbocycles. The number of hydrogen-bond donors (Lipinski definition) is 2. The fourth-order valence-corrected chi connectivity index (χ4v) is 3.38. The summed E-state index contributed by atoms with van der Waals surface area (Å²) in [5.74, 6) is -0.689. The van der Waals surface area contributed by atoms with Crippen LogP contribution in [0.4, 0.5) is 0 Å². The molecule has 3 rings (SSSR count). The molecule has 0 aromatic heterocycles. The highest BCUT2D eigenvalue weighted by Gasteiger charge is 2.32. The summed E-state index contributed by atoms with van der Waals surface area (Å²) in [6.45, 7) is 5.58. The van der Waals surface area contributed by atoms with Gasteiger partial charge in [-0.3, -0.25) is 9.69 Å². The molecule has 2 saturated heterocycles. The van der Waals surface area contributed by atoms with E-state index in [1.165, 1.54) is 25.9 Å². The predicted octanol–water partition coefficient (Wildman–Crippen LogP) is 0.362. The molecular formula is C14H25N3O2. The van der Waals surface area contributed by atoms with Crippen LogP contribution in [0, 0.1) is 0 Å². The molecule has 2 aliphatic heterocycles. The van der Waals surface area contributed by atoms with Crippen LogP contribution in [0.15, 0.2) is 0 Å². The topological polar surface area (TPSA) is 55.8 Å². The van der Waals surface area contributed by atoms with Crippen LogP contribution < -0.4 is 5.32 Å². The van der Waals surface area contributed by atoms with Crippen molar-refractivity contribution in [2.45, 2.75) is 50.2 Å². The van der Waals surface area contributed by atoms with Crippen LogP contribution in [0.1, 0.15) is 32.1 Å². The first-order valence-corrected chi connectivity index (χ1v) is 7.67. The van der Waals surface area contributed by atoms with Gasteiger partial charge in [0.1, 0.15) is 6.04 Å². The summed E-state index contributed by atoms with van der Waals surface area (Å²) < 4.78 is 0. The lowest BCUT2D eigenvalue weighted by Gasteiger charge is -2.37. The molecule has 3 aliphatic rings. The third-order valence-corrected chi connectivity index (χ3v) is 4.72. The average molecular weight is 267 g/mol. The van der Waals surface area contributed by atoms with E-state index in [1.54, 1.807) is 0 Å². The first kappa shape index (κ1) is 13.3. The second-order valence-corrected chi connectivity index (χ2v) is 6.25. The van der Waals surface area contributed by atoms with E-state index in [2.05, 4.69) is 15.1 Å². The van der Waals surface area contributed by atoms with Crippen molar-refractivity contribution in [3.05, 3.63) is 0 Å². The Morgan fingerprint density at radius 1 is 1.26 bits per heavy atom. The summed E-state index contributed by atoms with van der Waals surface area (Å²) in [5, 5.41) is 12.5. The van der Waals surface area contributed by atoms with Gasteiger partial charge in [0, 0.05) is 38.3 Å². The largest absolute Gasteiger partial charge is 0.480 e. The Morgan fingerprint density at radius 3 is 2.84 bits per heavy atom. The normalized spacial score (nSPS) is 30.2. The van der Waals surface area contributed by atoms with Gasteiger partial charge in [-0.1, -0.05) is 0 Å². The molecule has 2 N–H and O–H groups in total. The van der Waals surface area contributed by atoms with Crippen LogP contribution in [-0.2, 0) is 4.79 Å². The first-order chi connectivity index (χ1) is 9.22. The molecule has 0 bridgehead atoms. The van der Waals surface area contributed by atoms with Gasteiger partial charge in [0.05, 0.1) is 0 Å². The van der Waals surface area contributed by atoms with E-state index in [0.717, 1.165) is 44.9 Å². The molecule has 108 valence electrons. The SMILES string of the molecule is O=C(O)C(CCN1CCN2CCCC2C1)NC1CC1. The van der Waals surface area contributed by atoms with Gasteiger partial charge in [-0.25, -0.2) is 0 Å². The van der Waals surface area contributed by atoms with E-state index in [4.69, 9.17) is 0 Å². The summed E-state index contributed by atoms with van der Waals surface area (Å²) in [4.78, 5) is 16.3. The van der Waals surface area contributed by atoms with Crippen molar-refractivity contribution in [3.8, 4) is 0 Å². The van der Waals surface area contributed by atoms with Crippen molar-refractivity contribution >= 4 is 5.97 Å². The van der Waals surface area contributed by atoms with E-state index in [1.807, 2.05) is 0 Å². The van der Waals surface area contributed by atoms with Crippen molar-refractivity contribution in [2.24, 2.45) is 0 Å². The number of carboxylic acid groups (broad SMARTS) is 1. The molecule has 0 spiro atoms. The van der Waals surface area contributed by atoms with Crippen molar-refractivity contribution < 1.29 is 9.90 Å². The highest BCUT2D eigenvalue weighted by atomic mass is 16.4. The number of rotatable bonds is 6. The quantitative estimate of drug-likeness (QED) is 0.728. The Bertz CT molecular complexity index is 333. The lowest BCUT2D eigenvalue weighted by molar-refractivity contribution is -0.139. The highest BCUT2D eigenvalue weighted by molar-refractivity contribution is 5.73. The van der Waals surface area contributed by atoms with Crippen molar-refractivity contribution in [1.29, 1.82) is 0 Å². The minimum absolute atomic E-state index is 0.353. The van der Waals surface area contributed by atoms with Gasteiger partial charge in [0.15, 0.2) is 0 Å². The maximum absolute atomic E-state index is 11.2. The van der Waals surface area contributed by atoms with Crippen molar-refractivity contribution in [1.82, 2.24) is 15.1 Å². The number of hydrogen-bond acceptors (Lipinski definition) is 4. The van der Waals surface area contributed by atoms with E-state index >= 15 is 0 Å². The number of nitrogens with zero attached hydrogens (tertiary/aromatic N) is 2. The lowest BCUT2D eigenvalue weighted by atomic mass is 10.1. The minimum Gasteiger partial charge on any atom is -0.480 e. The molecule has 0 amide bonds. The van der Waals surface area contributed by atoms with Crippen molar-refractivity contribution in [3.63, 3.8) is 0 Å². The molecule has 3 fully saturated rings. The van der Waals surface area contributed by atoms with Gasteiger partial charge in [-0.2, -0.15) is 0 Å². The van der Waals surface area contributed by atoms with Gasteiger partial charge in [-0.05, 0) is 38.6 Å². The van der Waals surface area contributed by atoms with Gasteiger partial charge < -0.3 is 15.3 Å². The summed E-state index contributed by atoms with van der Waals surface area (Å²) in [5.41, 5.74) is 0. The number of fused-ring (bicyclic) bond motifs is 1. The Morgan fingerprint density at radius 2 is 2.11 bits per heavy atom. The van der Waals surface area contributed by atoms with Crippen molar-refractivity contribution in [2.75, 3.05) is 32.7 Å². The molecule has 5 heteroatoms. The highest BCUT2D eigenvalue weighted by Crippen LogP contribution is 2.22. The third-order valence-electron chi connectivity index (χ3n) is 4.72. The van der Waals surface area contributed by atoms with E-state index < -0.39 is 5.97 Å². The fraction of sp³-hybridized carbons (Fsp3) is 0.929. The summed E-state index contributed by atoms with van der Waals surface area (Å²) in [7, 11) is 0. The zero-order valence-corrected chi connectivity index (χ0v) is 11.6. The minimum atomic E-state index is -0.689. The summed E-state index contributed by atoms with van der Waals surface area (Å²) in [6, 6.07) is 0.843. The van der Waals surface area contributed by atoms with Gasteiger partial charge in [0.25, 0.3) is 0 Å². The van der Waals surface area contributed by atoms with Gasteiger partial charge >= 0.3 is 5.97 Å². The van der Waals surface area contributed by atoms with Crippen LogP contribution in [0.2, 0.25) is 0 Å². The molecule has 0 aromatic rings. The van der Waals surface area contributed by atoms with Crippen LogP contribution in [-0.4, -0.2) is 71.7 Å². The summed E-state index contributed by atoms with van der Waals surface area (Å²) in [6.07, 6.45) is 5.67. The monoisotopic (exact) mass is 267 g/mol. The zero-order valence-electron chi connectivity index (χ0n) is 11.6. The Kier molecular flexibility index (Phi) is 4.05. The number of piperazine rings is 1. The molecule has 0 aromatic carbocycles. The van der Waals surface area contributed by atoms with Crippen LogP contribution in [0.3, 0.4) is 0 Å². The molecule has 19 heavy (non-hydrogen) atoms. The molecular weight excluding hydrogens is 242 g/mol. The number of carbonyl (C=O) groups is 1. The molecule has 2 heterocycles. The standard InChI is InChI=1S/C14H25N3O2/c18-14(19)13(15-11-3-4-11)5-7-16-8-9-17-6-1-2-12(17)10-16/h11-13,15H,1-10H2,(H,18,19). The lowest BCUT2D eigenvalue weighted by Crippen LogP contribution is -2.51. The molecule has 5 nitrogen and oxygen atoms in total. The molecule has 2 unspecified atom stereocenters. The third kappa shape index (κ3) is 3.46. The van der Waals surface area contributed by atoms with E-state index in [-0.39, 0.29) is 6.04 Å². The van der Waals surface area contributed by atoms with Gasteiger partial charge in [0.2, 0.25) is 0 Å². The van der Waals surface area contributed by atoms with E-state index in [0.29, 0.717) is 6.04 Å². The summed E-state index contributed by atoms with van der Waals surface area (Å²) >= 11 is 0.